The molecule has 0 radical (unpaired) electrons. The number of esters is 2. The summed E-state index contributed by atoms with van der Waals surface area (Å²) in [6.07, 6.45) is -1.07. The quantitative estimate of drug-likeness (QED) is 0.0826. The second-order valence-corrected chi connectivity index (χ2v) is 12.8. The van der Waals surface area contributed by atoms with Gasteiger partial charge in [-0.25, -0.2) is 14.4 Å². The molecule has 8 rings (SSSR count). The first kappa shape index (κ1) is 31.2. The molecule has 3 atom stereocenters. The van der Waals surface area contributed by atoms with Crippen LogP contribution in [0.25, 0.3) is 38.4 Å². The van der Waals surface area contributed by atoms with Crippen molar-refractivity contribution in [3.63, 3.8) is 0 Å². The number of nitrogens with one attached hydrogen (secondary N) is 1. The molecule has 2 fully saturated rings. The summed E-state index contributed by atoms with van der Waals surface area (Å²) in [5.41, 5.74) is 3.54. The molecule has 6 aromatic carbocycles. The summed E-state index contributed by atoms with van der Waals surface area (Å²) in [7, 11) is 0. The molecule has 0 bridgehead atoms. The Hall–Kier alpha value is -6.06. The molecule has 9 nitrogen and oxygen atoms in total. The highest BCUT2D eigenvalue weighted by molar-refractivity contribution is 6.24. The van der Waals surface area contributed by atoms with E-state index in [-0.39, 0.29) is 18.7 Å². The summed E-state index contributed by atoms with van der Waals surface area (Å²) in [5.74, 6) is -1.73. The molecular weight excluding hydrogens is 632 g/mol. The largest absolute Gasteiger partial charge is 0.459 e. The Kier molecular flexibility index (Phi) is 7.76. The number of ether oxygens (including phenoxy) is 3. The van der Waals surface area contributed by atoms with E-state index >= 15 is 0 Å². The predicted octanol–water partition coefficient (Wildman–Crippen LogP) is 7.29. The van der Waals surface area contributed by atoms with Gasteiger partial charge in [0.2, 0.25) is 0 Å². The maximum atomic E-state index is 13.4. The second-order valence-electron chi connectivity index (χ2n) is 12.8. The third kappa shape index (κ3) is 5.61. The molecule has 3 amide bonds. The minimum absolute atomic E-state index is 0.0425. The number of aryl methyl sites for hydroxylation is 2. The highest BCUT2D eigenvalue weighted by Crippen LogP contribution is 2.38. The van der Waals surface area contributed by atoms with Crippen LogP contribution in [0.2, 0.25) is 0 Å². The van der Waals surface area contributed by atoms with Crippen molar-refractivity contribution < 1.29 is 33.4 Å². The maximum Gasteiger partial charge on any atom is 0.338 e. The van der Waals surface area contributed by atoms with Gasteiger partial charge in [-0.3, -0.25) is 15.0 Å². The van der Waals surface area contributed by atoms with E-state index in [1.54, 1.807) is 30.3 Å². The SMILES string of the molecule is Cc1ccc(C(=O)OCC2OC(N3C(=O)NC(=O)/C3=C\c3ccc4ccc5cccc6ccc3c4c56)CC2OC(=O)c2ccc(C)cc2)cc1. The zero-order chi connectivity index (χ0) is 34.5. The van der Waals surface area contributed by atoms with Crippen LogP contribution in [0.4, 0.5) is 4.79 Å². The highest BCUT2D eigenvalue weighted by Gasteiger charge is 2.47. The fourth-order valence-corrected chi connectivity index (χ4v) is 6.85. The number of nitrogens with zero attached hydrogens (tertiary/aromatic N) is 1. The van der Waals surface area contributed by atoms with Crippen LogP contribution >= 0.6 is 0 Å². The van der Waals surface area contributed by atoms with Crippen molar-refractivity contribution >= 4 is 62.3 Å². The molecule has 248 valence electrons. The molecule has 2 saturated heterocycles. The number of imide groups is 1. The van der Waals surface area contributed by atoms with Crippen molar-refractivity contribution in [1.29, 1.82) is 0 Å². The number of carbonyl (C=O) groups is 4. The van der Waals surface area contributed by atoms with Crippen molar-refractivity contribution in [3.05, 3.63) is 137 Å². The van der Waals surface area contributed by atoms with Gasteiger partial charge in [-0.15, -0.1) is 0 Å². The summed E-state index contributed by atoms with van der Waals surface area (Å²) >= 11 is 0. The fourth-order valence-electron chi connectivity index (χ4n) is 6.85. The molecule has 6 aromatic rings. The molecule has 2 heterocycles. The van der Waals surface area contributed by atoms with Gasteiger partial charge in [-0.1, -0.05) is 90.0 Å². The number of carbonyl (C=O) groups excluding carboxylic acids is 4. The summed E-state index contributed by atoms with van der Waals surface area (Å²) in [6, 6.07) is 31.6. The zero-order valence-electron chi connectivity index (χ0n) is 27.3. The van der Waals surface area contributed by atoms with Crippen molar-refractivity contribution in [2.75, 3.05) is 6.61 Å². The average molecular weight is 665 g/mol. The summed E-state index contributed by atoms with van der Waals surface area (Å²) in [5, 5.41) is 8.82. The molecule has 0 aromatic heterocycles. The predicted molar refractivity (Wildman–Crippen MR) is 189 cm³/mol. The van der Waals surface area contributed by atoms with Crippen LogP contribution in [0.1, 0.15) is 43.8 Å². The van der Waals surface area contributed by atoms with Crippen molar-refractivity contribution in [3.8, 4) is 0 Å². The topological polar surface area (TPSA) is 111 Å². The number of amides is 3. The highest BCUT2D eigenvalue weighted by atomic mass is 16.6. The number of hydrogen-bond acceptors (Lipinski definition) is 7. The van der Waals surface area contributed by atoms with Crippen molar-refractivity contribution in [2.45, 2.75) is 38.7 Å². The van der Waals surface area contributed by atoms with Crippen LogP contribution in [0, 0.1) is 13.8 Å². The minimum Gasteiger partial charge on any atom is -0.459 e. The molecule has 3 unspecified atom stereocenters. The molecule has 0 aliphatic carbocycles. The third-order valence-electron chi connectivity index (χ3n) is 9.47. The number of urea groups is 1. The van der Waals surface area contributed by atoms with Crippen LogP contribution in [-0.4, -0.2) is 53.8 Å². The van der Waals surface area contributed by atoms with E-state index in [4.69, 9.17) is 14.2 Å². The Morgan fingerprint density at radius 1 is 0.780 bits per heavy atom. The standard InChI is InChI=1S/C41H32N2O7/c1-23-6-10-28(11-7-23)39(45)48-22-34-33(50-40(46)29-12-8-24(2)9-13-29)21-35(49-34)43-32(38(44)42-41(43)47)20-30-17-16-27-15-14-25-4-3-5-26-18-19-31(30)37(27)36(25)26/h3-20,33-35H,21-22H2,1-2H3,(H,42,44,47)/b32-20+. The fraction of sp³-hybridized carbons (Fsp3) is 0.171. The van der Waals surface area contributed by atoms with E-state index in [9.17, 15) is 19.2 Å². The van der Waals surface area contributed by atoms with Crippen LogP contribution < -0.4 is 5.32 Å². The zero-order valence-corrected chi connectivity index (χ0v) is 27.3. The summed E-state index contributed by atoms with van der Waals surface area (Å²) in [4.78, 5) is 54.1. The second kappa shape index (κ2) is 12.4. The normalized spacial score (nSPS) is 19.9. The van der Waals surface area contributed by atoms with Crippen molar-refractivity contribution in [2.24, 2.45) is 0 Å². The Balaban J connectivity index is 1.11. The van der Waals surface area contributed by atoms with Gasteiger partial charge in [-0.2, -0.15) is 0 Å². The molecule has 50 heavy (non-hydrogen) atoms. The molecule has 1 N–H and O–H groups in total. The van der Waals surface area contributed by atoms with Gasteiger partial charge < -0.3 is 14.2 Å². The van der Waals surface area contributed by atoms with E-state index in [2.05, 4.69) is 35.6 Å². The van der Waals surface area contributed by atoms with E-state index < -0.39 is 42.3 Å². The molecule has 0 saturated carbocycles. The lowest BCUT2D eigenvalue weighted by molar-refractivity contribution is -0.116. The van der Waals surface area contributed by atoms with E-state index in [1.807, 2.05) is 62.4 Å². The lowest BCUT2D eigenvalue weighted by atomic mass is 9.91. The monoisotopic (exact) mass is 664 g/mol. The van der Waals surface area contributed by atoms with Gasteiger partial charge in [-0.05, 0) is 82.1 Å². The number of benzene rings is 6. The Bertz CT molecular complexity index is 2330. The molecular formula is C41H32N2O7. The van der Waals surface area contributed by atoms with Gasteiger partial charge in [0, 0.05) is 6.42 Å². The minimum atomic E-state index is -0.994. The lowest BCUT2D eigenvalue weighted by Gasteiger charge is -2.23. The van der Waals surface area contributed by atoms with E-state index in [0.717, 1.165) is 49.0 Å². The van der Waals surface area contributed by atoms with Crippen LogP contribution in [0.15, 0.2) is 109 Å². The summed E-state index contributed by atoms with van der Waals surface area (Å²) < 4.78 is 17.8. The Morgan fingerprint density at radius 2 is 1.38 bits per heavy atom. The first-order valence-corrected chi connectivity index (χ1v) is 16.4. The smallest absolute Gasteiger partial charge is 0.338 e. The average Bonchev–Trinajstić information content (AvgIpc) is 3.64. The van der Waals surface area contributed by atoms with Gasteiger partial charge in [0.1, 0.15) is 30.7 Å². The van der Waals surface area contributed by atoms with Crippen molar-refractivity contribution in [1.82, 2.24) is 10.2 Å². The van der Waals surface area contributed by atoms with Crippen LogP contribution in [0.3, 0.4) is 0 Å². The van der Waals surface area contributed by atoms with Crippen LogP contribution in [0.5, 0.6) is 0 Å². The number of hydrogen-bond donors (Lipinski definition) is 1. The first-order chi connectivity index (χ1) is 24.2. The summed E-state index contributed by atoms with van der Waals surface area (Å²) in [6.45, 7) is 3.59. The number of rotatable bonds is 7. The van der Waals surface area contributed by atoms with Gasteiger partial charge in [0.15, 0.2) is 0 Å². The molecule has 0 spiro atoms. The Labute approximate surface area is 287 Å². The molecule has 9 heteroatoms. The van der Waals surface area contributed by atoms with E-state index in [0.29, 0.717) is 11.1 Å². The molecule has 2 aliphatic rings. The lowest BCUT2D eigenvalue weighted by Crippen LogP contribution is -2.37. The van der Waals surface area contributed by atoms with Gasteiger partial charge >= 0.3 is 18.0 Å². The first-order valence-electron chi connectivity index (χ1n) is 16.4. The van der Waals surface area contributed by atoms with Gasteiger partial charge in [0.25, 0.3) is 5.91 Å². The third-order valence-corrected chi connectivity index (χ3v) is 9.47. The Morgan fingerprint density at radius 3 is 2.06 bits per heavy atom. The molecule has 2 aliphatic heterocycles. The maximum absolute atomic E-state index is 13.4. The van der Waals surface area contributed by atoms with Gasteiger partial charge in [0.05, 0.1) is 11.1 Å². The van der Waals surface area contributed by atoms with E-state index in [1.165, 1.54) is 4.90 Å². The van der Waals surface area contributed by atoms with Crippen LogP contribution in [-0.2, 0) is 19.0 Å².